The molecule has 1 aromatic heterocycles. The quantitative estimate of drug-likeness (QED) is 0.665. The molecule has 0 saturated heterocycles. The molecule has 80 valence electrons. The lowest BCUT2D eigenvalue weighted by atomic mass is 10.1. The van der Waals surface area contributed by atoms with Gasteiger partial charge in [-0.3, -0.25) is 0 Å². The Labute approximate surface area is 83.8 Å². The van der Waals surface area contributed by atoms with E-state index in [1.54, 1.807) is 20.0 Å². The zero-order valence-electron chi connectivity index (χ0n) is 8.24. The molecule has 0 unspecified atom stereocenters. The van der Waals surface area contributed by atoms with E-state index in [0.29, 0.717) is 0 Å². The molecule has 4 N–H and O–H groups in total. The first kappa shape index (κ1) is 11.2. The summed E-state index contributed by atoms with van der Waals surface area (Å²) in [4.78, 5) is 2.91. The molecule has 0 radical (unpaired) electrons. The van der Waals surface area contributed by atoms with E-state index in [9.17, 15) is 8.42 Å². The second-order valence-electron chi connectivity index (χ2n) is 3.86. The van der Waals surface area contributed by atoms with E-state index in [1.165, 1.54) is 12.3 Å². The summed E-state index contributed by atoms with van der Waals surface area (Å²) in [5.74, 6) is 0. The summed E-state index contributed by atoms with van der Waals surface area (Å²) in [5, 5.41) is 0. The van der Waals surface area contributed by atoms with Crippen molar-refractivity contribution in [1.29, 1.82) is 0 Å². The Balaban J connectivity index is 2.70. The average molecular weight is 217 g/mol. The highest BCUT2D eigenvalue weighted by Crippen LogP contribution is 2.06. The standard InChI is InChI=1S/C8H15N3O2S/c1-8(2,9)6-11-14(12,13)7-3-4-10-5-7/h3-5,10-11H,6,9H2,1-2H3. The molecule has 1 heterocycles. The van der Waals surface area contributed by atoms with Crippen molar-refractivity contribution in [2.45, 2.75) is 24.3 Å². The lowest BCUT2D eigenvalue weighted by Gasteiger charge is -2.18. The van der Waals surface area contributed by atoms with Crippen molar-refractivity contribution in [1.82, 2.24) is 9.71 Å². The highest BCUT2D eigenvalue weighted by Gasteiger charge is 2.18. The number of hydrogen-bond donors (Lipinski definition) is 3. The fourth-order valence-electron chi connectivity index (χ4n) is 0.840. The number of H-pyrrole nitrogens is 1. The van der Waals surface area contributed by atoms with Gasteiger partial charge in [0.15, 0.2) is 0 Å². The van der Waals surface area contributed by atoms with Crippen molar-refractivity contribution in [3.05, 3.63) is 18.5 Å². The third kappa shape index (κ3) is 3.13. The maximum atomic E-state index is 11.6. The van der Waals surface area contributed by atoms with Crippen LogP contribution in [-0.4, -0.2) is 25.5 Å². The normalized spacial score (nSPS) is 13.1. The number of aromatic nitrogens is 1. The molecule has 1 rings (SSSR count). The molecule has 0 aliphatic carbocycles. The van der Waals surface area contributed by atoms with E-state index in [2.05, 4.69) is 9.71 Å². The number of rotatable bonds is 4. The summed E-state index contributed by atoms with van der Waals surface area (Å²) in [6, 6.07) is 1.49. The number of aromatic amines is 1. The van der Waals surface area contributed by atoms with Gasteiger partial charge in [0.1, 0.15) is 0 Å². The Morgan fingerprint density at radius 1 is 1.57 bits per heavy atom. The first-order valence-corrected chi connectivity index (χ1v) is 5.71. The van der Waals surface area contributed by atoms with Crippen molar-refractivity contribution in [2.75, 3.05) is 6.54 Å². The van der Waals surface area contributed by atoms with Crippen LogP contribution in [0.15, 0.2) is 23.4 Å². The van der Waals surface area contributed by atoms with E-state index < -0.39 is 15.6 Å². The topological polar surface area (TPSA) is 88.0 Å². The van der Waals surface area contributed by atoms with Crippen LogP contribution < -0.4 is 10.5 Å². The molecule has 5 nitrogen and oxygen atoms in total. The molecule has 0 atom stereocenters. The minimum Gasteiger partial charge on any atom is -0.366 e. The summed E-state index contributed by atoms with van der Waals surface area (Å²) in [6.07, 6.45) is 2.98. The van der Waals surface area contributed by atoms with Crippen LogP contribution >= 0.6 is 0 Å². The summed E-state index contributed by atoms with van der Waals surface area (Å²) >= 11 is 0. The molecule has 0 spiro atoms. The Kier molecular flexibility index (Phi) is 2.98. The van der Waals surface area contributed by atoms with Crippen molar-refractivity contribution in [3.63, 3.8) is 0 Å². The first-order valence-electron chi connectivity index (χ1n) is 4.23. The fourth-order valence-corrected chi connectivity index (χ4v) is 2.04. The maximum Gasteiger partial charge on any atom is 0.242 e. The molecule has 0 aromatic carbocycles. The molecule has 1 aromatic rings. The largest absolute Gasteiger partial charge is 0.366 e. The Bertz CT molecular complexity index is 375. The number of nitrogens with two attached hydrogens (primary N) is 1. The van der Waals surface area contributed by atoms with Crippen LogP contribution in [0.2, 0.25) is 0 Å². The minimum atomic E-state index is -3.41. The highest BCUT2D eigenvalue weighted by molar-refractivity contribution is 7.89. The SMILES string of the molecule is CC(C)(N)CNS(=O)(=O)c1cc[nH]c1. The van der Waals surface area contributed by atoms with Gasteiger partial charge < -0.3 is 10.7 Å². The van der Waals surface area contributed by atoms with Crippen LogP contribution in [0.3, 0.4) is 0 Å². The Hall–Kier alpha value is -0.850. The highest BCUT2D eigenvalue weighted by atomic mass is 32.2. The molecule has 6 heteroatoms. The molecule has 0 fully saturated rings. The zero-order chi connectivity index (χ0) is 10.8. The minimum absolute atomic E-state index is 0.209. The molecule has 14 heavy (non-hydrogen) atoms. The van der Waals surface area contributed by atoms with Crippen LogP contribution in [0.1, 0.15) is 13.8 Å². The van der Waals surface area contributed by atoms with Gasteiger partial charge in [0.25, 0.3) is 0 Å². The molecular weight excluding hydrogens is 202 g/mol. The summed E-state index contributed by atoms with van der Waals surface area (Å²) in [6.45, 7) is 3.72. The molecule has 0 saturated carbocycles. The van der Waals surface area contributed by atoms with Gasteiger partial charge in [-0.25, -0.2) is 13.1 Å². The molecule has 0 amide bonds. The number of hydrogen-bond acceptors (Lipinski definition) is 3. The predicted octanol–water partition coefficient (Wildman–Crippen LogP) is 0.0303. The molecule has 0 aliphatic rings. The van der Waals surface area contributed by atoms with E-state index in [0.717, 1.165) is 0 Å². The van der Waals surface area contributed by atoms with Gasteiger partial charge in [0, 0.05) is 24.5 Å². The van der Waals surface area contributed by atoms with Gasteiger partial charge in [-0.1, -0.05) is 0 Å². The van der Waals surface area contributed by atoms with Crippen LogP contribution in [-0.2, 0) is 10.0 Å². The summed E-state index contributed by atoms with van der Waals surface area (Å²) in [7, 11) is -3.41. The Morgan fingerprint density at radius 2 is 2.21 bits per heavy atom. The third-order valence-corrected chi connectivity index (χ3v) is 3.00. The predicted molar refractivity (Wildman–Crippen MR) is 54.2 cm³/mol. The molecule has 0 bridgehead atoms. The van der Waals surface area contributed by atoms with Gasteiger partial charge in [0.05, 0.1) is 4.90 Å². The van der Waals surface area contributed by atoms with Crippen molar-refractivity contribution in [2.24, 2.45) is 5.73 Å². The smallest absolute Gasteiger partial charge is 0.242 e. The van der Waals surface area contributed by atoms with Gasteiger partial charge in [-0.15, -0.1) is 0 Å². The van der Waals surface area contributed by atoms with Crippen LogP contribution in [0.4, 0.5) is 0 Å². The van der Waals surface area contributed by atoms with Crippen molar-refractivity contribution in [3.8, 4) is 0 Å². The van der Waals surface area contributed by atoms with Gasteiger partial charge in [0.2, 0.25) is 10.0 Å². The van der Waals surface area contributed by atoms with Gasteiger partial charge >= 0.3 is 0 Å². The zero-order valence-corrected chi connectivity index (χ0v) is 9.06. The van der Waals surface area contributed by atoms with Crippen LogP contribution in [0.25, 0.3) is 0 Å². The number of sulfonamides is 1. The summed E-state index contributed by atoms with van der Waals surface area (Å²) < 4.78 is 25.5. The lowest BCUT2D eigenvalue weighted by molar-refractivity contribution is 0.498. The van der Waals surface area contributed by atoms with E-state index in [-0.39, 0.29) is 11.4 Å². The molecular formula is C8H15N3O2S. The van der Waals surface area contributed by atoms with Crippen molar-refractivity contribution < 1.29 is 8.42 Å². The maximum absolute atomic E-state index is 11.6. The van der Waals surface area contributed by atoms with Crippen LogP contribution in [0, 0.1) is 0 Å². The van der Waals surface area contributed by atoms with E-state index in [1.807, 2.05) is 0 Å². The molecule has 0 aliphatic heterocycles. The van der Waals surface area contributed by atoms with E-state index in [4.69, 9.17) is 5.73 Å². The lowest BCUT2D eigenvalue weighted by Crippen LogP contribution is -2.44. The van der Waals surface area contributed by atoms with Gasteiger partial charge in [-0.2, -0.15) is 0 Å². The summed E-state index contributed by atoms with van der Waals surface area (Å²) in [5.41, 5.74) is 5.11. The van der Waals surface area contributed by atoms with Crippen LogP contribution in [0.5, 0.6) is 0 Å². The second-order valence-corrected chi connectivity index (χ2v) is 5.63. The monoisotopic (exact) mass is 217 g/mol. The third-order valence-electron chi connectivity index (χ3n) is 1.60. The second kappa shape index (κ2) is 3.72. The average Bonchev–Trinajstić information content (AvgIpc) is 2.52. The van der Waals surface area contributed by atoms with Crippen molar-refractivity contribution >= 4 is 10.0 Å². The fraction of sp³-hybridized carbons (Fsp3) is 0.500. The van der Waals surface area contributed by atoms with Gasteiger partial charge in [-0.05, 0) is 19.9 Å². The number of nitrogens with one attached hydrogen (secondary N) is 2. The van der Waals surface area contributed by atoms with E-state index >= 15 is 0 Å². The first-order chi connectivity index (χ1) is 6.31. The Morgan fingerprint density at radius 3 is 2.64 bits per heavy atom.